The zero-order valence-electron chi connectivity index (χ0n) is 11.0. The Morgan fingerprint density at radius 3 is 2.67 bits per heavy atom. The maximum absolute atomic E-state index is 12.3. The van der Waals surface area contributed by atoms with Crippen LogP contribution in [0.2, 0.25) is 0 Å². The first-order valence-electron chi connectivity index (χ1n) is 5.98. The van der Waals surface area contributed by atoms with Crippen molar-refractivity contribution in [2.45, 2.75) is 33.2 Å². The summed E-state index contributed by atoms with van der Waals surface area (Å²) < 4.78 is 5.03. The van der Waals surface area contributed by atoms with Crippen LogP contribution in [0.1, 0.15) is 35.2 Å². The number of nitrogens with zero attached hydrogens (tertiary/aromatic N) is 2. The van der Waals surface area contributed by atoms with Gasteiger partial charge in [-0.3, -0.25) is 4.79 Å². The molecule has 0 spiro atoms. The van der Waals surface area contributed by atoms with Crippen LogP contribution in [0.25, 0.3) is 0 Å². The predicted octanol–water partition coefficient (Wildman–Crippen LogP) is 1.52. The SMILES string of the molecule is Cc1noc(C)c1C(=O)N1CCC(C(C)N)C1.Cl. The number of carbonyl (C=O) groups is 1. The fourth-order valence-corrected chi connectivity index (χ4v) is 2.35. The number of amides is 1. The Bertz CT molecular complexity index is 411. The summed E-state index contributed by atoms with van der Waals surface area (Å²) in [5.41, 5.74) is 7.14. The summed E-state index contributed by atoms with van der Waals surface area (Å²) >= 11 is 0. The van der Waals surface area contributed by atoms with Gasteiger partial charge < -0.3 is 15.2 Å². The van der Waals surface area contributed by atoms with Crippen LogP contribution in [0.15, 0.2) is 4.52 Å². The molecule has 1 fully saturated rings. The lowest BCUT2D eigenvalue weighted by Crippen LogP contribution is -2.33. The molecule has 2 unspecified atom stereocenters. The maximum Gasteiger partial charge on any atom is 0.259 e. The number of carbonyl (C=O) groups excluding carboxylic acids is 1. The van der Waals surface area contributed by atoms with Gasteiger partial charge in [-0.1, -0.05) is 5.16 Å². The maximum atomic E-state index is 12.3. The average molecular weight is 274 g/mol. The van der Waals surface area contributed by atoms with Crippen LogP contribution in [-0.2, 0) is 0 Å². The zero-order chi connectivity index (χ0) is 12.6. The van der Waals surface area contributed by atoms with Gasteiger partial charge in [0.25, 0.3) is 5.91 Å². The van der Waals surface area contributed by atoms with Gasteiger partial charge in [0, 0.05) is 19.1 Å². The lowest BCUT2D eigenvalue weighted by Gasteiger charge is -2.17. The third-order valence-corrected chi connectivity index (χ3v) is 3.50. The van der Waals surface area contributed by atoms with E-state index in [9.17, 15) is 4.79 Å². The molecule has 0 bridgehead atoms. The molecule has 2 N–H and O–H groups in total. The average Bonchev–Trinajstić information content (AvgIpc) is 2.85. The summed E-state index contributed by atoms with van der Waals surface area (Å²) in [5, 5.41) is 3.82. The first kappa shape index (κ1) is 15.0. The summed E-state index contributed by atoms with van der Waals surface area (Å²) in [5.74, 6) is 1.01. The van der Waals surface area contributed by atoms with Crippen LogP contribution in [-0.4, -0.2) is 35.1 Å². The lowest BCUT2D eigenvalue weighted by molar-refractivity contribution is 0.0783. The van der Waals surface area contributed by atoms with Crippen LogP contribution in [0.3, 0.4) is 0 Å². The Morgan fingerprint density at radius 2 is 2.22 bits per heavy atom. The van der Waals surface area contributed by atoms with E-state index in [2.05, 4.69) is 5.16 Å². The smallest absolute Gasteiger partial charge is 0.259 e. The fraction of sp³-hybridized carbons (Fsp3) is 0.667. The second kappa shape index (κ2) is 5.71. The van der Waals surface area contributed by atoms with Crippen molar-refractivity contribution in [3.05, 3.63) is 17.0 Å². The third kappa shape index (κ3) is 2.67. The van der Waals surface area contributed by atoms with E-state index in [4.69, 9.17) is 10.3 Å². The van der Waals surface area contributed by atoms with Gasteiger partial charge in [0.05, 0.1) is 5.69 Å². The van der Waals surface area contributed by atoms with Crippen LogP contribution in [0, 0.1) is 19.8 Å². The molecule has 0 radical (unpaired) electrons. The number of aromatic nitrogens is 1. The number of hydrogen-bond acceptors (Lipinski definition) is 4. The van der Waals surface area contributed by atoms with Crippen molar-refractivity contribution < 1.29 is 9.32 Å². The van der Waals surface area contributed by atoms with Crippen molar-refractivity contribution >= 4 is 18.3 Å². The number of aryl methyl sites for hydroxylation is 2. The van der Waals surface area contributed by atoms with Gasteiger partial charge >= 0.3 is 0 Å². The van der Waals surface area contributed by atoms with E-state index >= 15 is 0 Å². The van der Waals surface area contributed by atoms with Crippen LogP contribution >= 0.6 is 12.4 Å². The topological polar surface area (TPSA) is 72.4 Å². The Balaban J connectivity index is 0.00000162. The summed E-state index contributed by atoms with van der Waals surface area (Å²) in [6.45, 7) is 7.07. The number of nitrogens with two attached hydrogens (primary N) is 1. The van der Waals surface area contributed by atoms with Gasteiger partial charge in [-0.2, -0.15) is 0 Å². The van der Waals surface area contributed by atoms with Crippen molar-refractivity contribution in [1.29, 1.82) is 0 Å². The molecule has 6 heteroatoms. The minimum absolute atomic E-state index is 0. The lowest BCUT2D eigenvalue weighted by atomic mass is 10.0. The molecule has 0 aromatic carbocycles. The van der Waals surface area contributed by atoms with Crippen molar-refractivity contribution in [2.24, 2.45) is 11.7 Å². The Kier molecular flexibility index (Phi) is 4.76. The minimum atomic E-state index is 0. The summed E-state index contributed by atoms with van der Waals surface area (Å²) in [6, 6.07) is 0.137. The molecule has 1 aromatic heterocycles. The highest BCUT2D eigenvalue weighted by Crippen LogP contribution is 2.23. The highest BCUT2D eigenvalue weighted by molar-refractivity contribution is 5.96. The second-order valence-electron chi connectivity index (χ2n) is 4.86. The van der Waals surface area contributed by atoms with Gasteiger partial charge in [0.2, 0.25) is 0 Å². The van der Waals surface area contributed by atoms with Gasteiger partial charge in [-0.25, -0.2) is 0 Å². The molecule has 1 aromatic rings. The number of likely N-dealkylation sites (tertiary alicyclic amines) is 1. The van der Waals surface area contributed by atoms with Crippen molar-refractivity contribution in [3.63, 3.8) is 0 Å². The Morgan fingerprint density at radius 1 is 1.56 bits per heavy atom. The molecular weight excluding hydrogens is 254 g/mol. The molecule has 2 atom stereocenters. The van der Waals surface area contributed by atoms with E-state index < -0.39 is 0 Å². The molecule has 1 aliphatic heterocycles. The Hall–Kier alpha value is -1.07. The van der Waals surface area contributed by atoms with Crippen molar-refractivity contribution in [1.82, 2.24) is 10.1 Å². The number of rotatable bonds is 2. The summed E-state index contributed by atoms with van der Waals surface area (Å²) in [4.78, 5) is 14.2. The van der Waals surface area contributed by atoms with E-state index in [0.717, 1.165) is 19.5 Å². The van der Waals surface area contributed by atoms with Gasteiger partial charge in [-0.05, 0) is 33.1 Å². The van der Waals surface area contributed by atoms with Gasteiger partial charge in [0.15, 0.2) is 0 Å². The molecule has 1 saturated heterocycles. The molecule has 2 rings (SSSR count). The predicted molar refractivity (Wildman–Crippen MR) is 70.9 cm³/mol. The molecule has 2 heterocycles. The monoisotopic (exact) mass is 273 g/mol. The summed E-state index contributed by atoms with van der Waals surface area (Å²) in [7, 11) is 0. The minimum Gasteiger partial charge on any atom is -0.361 e. The molecule has 0 saturated carbocycles. The van der Waals surface area contributed by atoms with Crippen LogP contribution in [0.5, 0.6) is 0 Å². The molecule has 1 amide bonds. The van der Waals surface area contributed by atoms with Crippen LogP contribution in [0.4, 0.5) is 0 Å². The Labute approximate surface area is 113 Å². The molecular formula is C12H20ClN3O2. The van der Waals surface area contributed by atoms with E-state index in [-0.39, 0.29) is 24.4 Å². The molecule has 0 aliphatic carbocycles. The van der Waals surface area contributed by atoms with Crippen LogP contribution < -0.4 is 5.73 Å². The molecule has 102 valence electrons. The zero-order valence-corrected chi connectivity index (χ0v) is 11.8. The first-order valence-corrected chi connectivity index (χ1v) is 5.98. The van der Waals surface area contributed by atoms with Gasteiger partial charge in [0.1, 0.15) is 11.3 Å². The highest BCUT2D eigenvalue weighted by atomic mass is 35.5. The molecule has 18 heavy (non-hydrogen) atoms. The van der Waals surface area contributed by atoms with Gasteiger partial charge in [-0.15, -0.1) is 12.4 Å². The standard InChI is InChI=1S/C12H19N3O2.ClH/c1-7(13)10-4-5-15(6-10)12(16)11-8(2)14-17-9(11)3;/h7,10H,4-6,13H2,1-3H3;1H. The molecule has 1 aliphatic rings. The highest BCUT2D eigenvalue weighted by Gasteiger charge is 2.31. The van der Waals surface area contributed by atoms with E-state index in [1.807, 2.05) is 11.8 Å². The normalized spacial score (nSPS) is 20.7. The third-order valence-electron chi connectivity index (χ3n) is 3.50. The quantitative estimate of drug-likeness (QED) is 0.887. The summed E-state index contributed by atoms with van der Waals surface area (Å²) in [6.07, 6.45) is 0.979. The largest absolute Gasteiger partial charge is 0.361 e. The molecule has 5 nitrogen and oxygen atoms in total. The van der Waals surface area contributed by atoms with Crippen molar-refractivity contribution in [3.8, 4) is 0 Å². The van der Waals surface area contributed by atoms with E-state index in [1.165, 1.54) is 0 Å². The number of halogens is 1. The van der Waals surface area contributed by atoms with E-state index in [1.54, 1.807) is 13.8 Å². The first-order chi connectivity index (χ1) is 8.00. The number of hydrogen-bond donors (Lipinski definition) is 1. The fourth-order valence-electron chi connectivity index (χ4n) is 2.35. The van der Waals surface area contributed by atoms with E-state index in [0.29, 0.717) is 22.9 Å². The second-order valence-corrected chi connectivity index (χ2v) is 4.86. The van der Waals surface area contributed by atoms with Crippen molar-refractivity contribution in [2.75, 3.05) is 13.1 Å².